The topological polar surface area (TPSA) is 75.4 Å². The molecule has 0 bridgehead atoms. The second-order valence-corrected chi connectivity index (χ2v) is 2.03. The molecule has 0 saturated heterocycles. The summed E-state index contributed by atoms with van der Waals surface area (Å²) in [5.41, 5.74) is 5.36. The van der Waals surface area contributed by atoms with Gasteiger partial charge in [0.15, 0.2) is 0 Å². The molecular weight excluding hydrogens is 132 g/mol. The summed E-state index contributed by atoms with van der Waals surface area (Å²) in [4.78, 5) is 10.8. The summed E-state index contributed by atoms with van der Waals surface area (Å²) in [6.45, 7) is 2.08. The Hall–Kier alpha value is -0.610. The van der Waals surface area contributed by atoms with E-state index in [9.17, 15) is 4.79 Å². The predicted molar refractivity (Wildman–Crippen MR) is 38.4 cm³/mol. The van der Waals surface area contributed by atoms with Crippen LogP contribution >= 0.6 is 0 Å². The molecule has 0 aromatic heterocycles. The van der Waals surface area contributed by atoms with Crippen LogP contribution in [0.25, 0.3) is 0 Å². The fourth-order valence-corrected chi connectivity index (χ4v) is 0.496. The highest BCUT2D eigenvalue weighted by molar-refractivity contribution is 5.81. The Labute approximate surface area is 60.4 Å². The quantitative estimate of drug-likeness (QED) is 0.468. The molecule has 1 atom stereocenters. The van der Waals surface area contributed by atoms with Crippen LogP contribution in [-0.4, -0.2) is 30.2 Å². The third-order valence-corrected chi connectivity index (χ3v) is 1.19. The Morgan fingerprint density at radius 2 is 2.40 bits per heavy atom. The van der Waals surface area contributed by atoms with Crippen LogP contribution in [0.4, 0.5) is 0 Å². The van der Waals surface area contributed by atoms with Crippen LogP contribution < -0.4 is 11.1 Å². The molecule has 0 saturated carbocycles. The van der Waals surface area contributed by atoms with E-state index >= 15 is 0 Å². The lowest BCUT2D eigenvalue weighted by Crippen LogP contribution is -2.41. The molecule has 10 heavy (non-hydrogen) atoms. The van der Waals surface area contributed by atoms with Gasteiger partial charge in [-0.3, -0.25) is 4.79 Å². The normalized spacial score (nSPS) is 12.7. The second kappa shape index (κ2) is 5.20. The van der Waals surface area contributed by atoms with Crippen molar-refractivity contribution < 1.29 is 9.90 Å². The average molecular weight is 146 g/mol. The number of nitrogens with two attached hydrogens (primary N) is 1. The maximum atomic E-state index is 10.8. The summed E-state index contributed by atoms with van der Waals surface area (Å²) < 4.78 is 0. The van der Waals surface area contributed by atoms with E-state index in [-0.39, 0.29) is 19.1 Å². The first-order valence-electron chi connectivity index (χ1n) is 3.36. The molecule has 1 amide bonds. The first-order valence-corrected chi connectivity index (χ1v) is 3.36. The van der Waals surface area contributed by atoms with Gasteiger partial charge < -0.3 is 16.2 Å². The highest BCUT2D eigenvalue weighted by Gasteiger charge is 2.08. The number of hydrogen-bond donors (Lipinski definition) is 3. The van der Waals surface area contributed by atoms with Crippen molar-refractivity contribution in [1.29, 1.82) is 0 Å². The zero-order valence-electron chi connectivity index (χ0n) is 6.13. The second-order valence-electron chi connectivity index (χ2n) is 2.03. The molecule has 0 aliphatic carbocycles. The van der Waals surface area contributed by atoms with Crippen molar-refractivity contribution >= 4 is 5.91 Å². The van der Waals surface area contributed by atoms with Crippen molar-refractivity contribution in [2.24, 2.45) is 5.73 Å². The standard InChI is InChI=1S/C6H14N2O2/c1-2-5(7)6(10)8-3-4-9/h5,9H,2-4,7H2,1H3,(H,8,10)/t5-/m0/s1. The average Bonchev–Trinajstić information content (AvgIpc) is 1.98. The molecule has 0 aliphatic rings. The van der Waals surface area contributed by atoms with E-state index in [0.717, 1.165) is 0 Å². The van der Waals surface area contributed by atoms with Crippen molar-refractivity contribution in [3.8, 4) is 0 Å². The van der Waals surface area contributed by atoms with Crippen LogP contribution in [0.5, 0.6) is 0 Å². The summed E-state index contributed by atoms with van der Waals surface area (Å²) in [5, 5.41) is 10.8. The van der Waals surface area contributed by atoms with Crippen molar-refractivity contribution in [2.75, 3.05) is 13.2 Å². The van der Waals surface area contributed by atoms with E-state index in [2.05, 4.69) is 5.32 Å². The van der Waals surface area contributed by atoms with Crippen LogP contribution in [0.2, 0.25) is 0 Å². The summed E-state index contributed by atoms with van der Waals surface area (Å²) >= 11 is 0. The van der Waals surface area contributed by atoms with Crippen molar-refractivity contribution in [1.82, 2.24) is 5.32 Å². The van der Waals surface area contributed by atoms with E-state index in [1.165, 1.54) is 0 Å². The molecule has 4 heteroatoms. The van der Waals surface area contributed by atoms with Gasteiger partial charge in [0.2, 0.25) is 5.91 Å². The lowest BCUT2D eigenvalue weighted by Gasteiger charge is -2.07. The molecule has 0 spiro atoms. The minimum Gasteiger partial charge on any atom is -0.395 e. The molecule has 0 aromatic rings. The number of amides is 1. The van der Waals surface area contributed by atoms with Gasteiger partial charge in [0.25, 0.3) is 0 Å². The maximum Gasteiger partial charge on any atom is 0.236 e. The van der Waals surface area contributed by atoms with Crippen molar-refractivity contribution in [2.45, 2.75) is 19.4 Å². The monoisotopic (exact) mass is 146 g/mol. The van der Waals surface area contributed by atoms with Gasteiger partial charge in [0.1, 0.15) is 0 Å². The summed E-state index contributed by atoms with van der Waals surface area (Å²) in [6, 6.07) is -0.438. The van der Waals surface area contributed by atoms with Gasteiger partial charge in [-0.1, -0.05) is 6.92 Å². The first kappa shape index (κ1) is 9.39. The number of carbonyl (C=O) groups is 1. The van der Waals surface area contributed by atoms with Gasteiger partial charge in [-0.15, -0.1) is 0 Å². The number of hydrogen-bond acceptors (Lipinski definition) is 3. The van der Waals surface area contributed by atoms with Gasteiger partial charge in [-0.25, -0.2) is 0 Å². The molecule has 0 rings (SSSR count). The van der Waals surface area contributed by atoms with Crippen LogP contribution in [0.3, 0.4) is 0 Å². The molecular formula is C6H14N2O2. The molecule has 0 radical (unpaired) electrons. The van der Waals surface area contributed by atoms with Gasteiger partial charge in [0.05, 0.1) is 12.6 Å². The molecule has 0 heterocycles. The van der Waals surface area contributed by atoms with Gasteiger partial charge in [-0.05, 0) is 6.42 Å². The SMILES string of the molecule is CC[C@H](N)C(=O)NCCO. The van der Waals surface area contributed by atoms with Crippen LogP contribution in [0.15, 0.2) is 0 Å². The smallest absolute Gasteiger partial charge is 0.236 e. The van der Waals surface area contributed by atoms with E-state index < -0.39 is 6.04 Å². The van der Waals surface area contributed by atoms with Gasteiger partial charge >= 0.3 is 0 Å². The molecule has 60 valence electrons. The first-order chi connectivity index (χ1) is 4.72. The van der Waals surface area contributed by atoms with Gasteiger partial charge in [-0.2, -0.15) is 0 Å². The Morgan fingerprint density at radius 1 is 1.80 bits per heavy atom. The summed E-state index contributed by atoms with van der Waals surface area (Å²) in [6.07, 6.45) is 0.622. The van der Waals surface area contributed by atoms with Crippen LogP contribution in [0.1, 0.15) is 13.3 Å². The van der Waals surface area contributed by atoms with E-state index in [4.69, 9.17) is 10.8 Å². The summed E-state index contributed by atoms with van der Waals surface area (Å²) in [7, 11) is 0. The Bertz CT molecular complexity index is 106. The maximum absolute atomic E-state index is 10.8. The molecule has 0 unspecified atom stereocenters. The third kappa shape index (κ3) is 3.42. The molecule has 0 aliphatic heterocycles. The fraction of sp³-hybridized carbons (Fsp3) is 0.833. The van der Waals surface area contributed by atoms with E-state index in [1.807, 2.05) is 6.92 Å². The van der Waals surface area contributed by atoms with Crippen molar-refractivity contribution in [3.63, 3.8) is 0 Å². The zero-order chi connectivity index (χ0) is 7.98. The lowest BCUT2D eigenvalue weighted by atomic mass is 10.2. The molecule has 4 N–H and O–H groups in total. The number of nitrogens with one attached hydrogen (secondary N) is 1. The summed E-state index contributed by atoms with van der Waals surface area (Å²) in [5.74, 6) is -0.198. The van der Waals surface area contributed by atoms with Crippen LogP contribution in [0, 0.1) is 0 Å². The minimum atomic E-state index is -0.438. The molecule has 0 fully saturated rings. The highest BCUT2D eigenvalue weighted by Crippen LogP contribution is 1.83. The lowest BCUT2D eigenvalue weighted by molar-refractivity contribution is -0.122. The highest BCUT2D eigenvalue weighted by atomic mass is 16.3. The Kier molecular flexibility index (Phi) is 4.88. The number of rotatable bonds is 4. The van der Waals surface area contributed by atoms with Gasteiger partial charge in [0, 0.05) is 6.54 Å². The fourth-order valence-electron chi connectivity index (χ4n) is 0.496. The third-order valence-electron chi connectivity index (χ3n) is 1.19. The number of carbonyl (C=O) groups excluding carboxylic acids is 1. The van der Waals surface area contributed by atoms with Crippen molar-refractivity contribution in [3.05, 3.63) is 0 Å². The predicted octanol–water partition coefficient (Wildman–Crippen LogP) is -1.17. The van der Waals surface area contributed by atoms with E-state index in [0.29, 0.717) is 6.42 Å². The Balaban J connectivity index is 3.42. The van der Waals surface area contributed by atoms with Crippen LogP contribution in [-0.2, 0) is 4.79 Å². The Morgan fingerprint density at radius 3 is 2.80 bits per heavy atom. The largest absolute Gasteiger partial charge is 0.395 e. The van der Waals surface area contributed by atoms with E-state index in [1.54, 1.807) is 0 Å². The zero-order valence-corrected chi connectivity index (χ0v) is 6.13. The minimum absolute atomic E-state index is 0.0395. The number of aliphatic hydroxyl groups is 1. The molecule has 4 nitrogen and oxygen atoms in total. The number of aliphatic hydroxyl groups excluding tert-OH is 1. The molecule has 0 aromatic carbocycles.